The maximum atomic E-state index is 11.4. The lowest BCUT2D eigenvalue weighted by Gasteiger charge is -2.37. The molecule has 0 N–H and O–H groups in total. The first kappa shape index (κ1) is 28.6. The van der Waals surface area contributed by atoms with Crippen LogP contribution in [0.15, 0.2) is 0 Å². The zero-order valence-corrected chi connectivity index (χ0v) is 21.9. The Balaban J connectivity index is 3.81. The van der Waals surface area contributed by atoms with Crippen LogP contribution in [0.5, 0.6) is 0 Å². The third-order valence-corrected chi connectivity index (χ3v) is 10.9. The Hall–Kier alpha value is -0.353. The second-order valence-electron chi connectivity index (χ2n) is 10.3. The summed E-state index contributed by atoms with van der Waals surface area (Å²) in [5.41, 5.74) is 0. The van der Waals surface area contributed by atoms with Crippen LogP contribution in [-0.2, 0) is 14.0 Å². The maximum absolute atomic E-state index is 11.4. The fourth-order valence-electron chi connectivity index (χ4n) is 3.32. The van der Waals surface area contributed by atoms with Crippen LogP contribution in [0.25, 0.3) is 0 Å². The molecule has 0 aliphatic rings. The van der Waals surface area contributed by atoms with Crippen LogP contribution in [-0.4, -0.2) is 27.0 Å². The summed E-state index contributed by atoms with van der Waals surface area (Å²) < 4.78 is 11.8. The van der Waals surface area contributed by atoms with E-state index in [2.05, 4.69) is 40.8 Å². The Bertz CT molecular complexity index is 401. The fraction of sp³-hybridized carbons (Fsp3) is 0.960. The fourth-order valence-corrected chi connectivity index (χ4v) is 4.35. The van der Waals surface area contributed by atoms with Crippen molar-refractivity contribution in [3.8, 4) is 0 Å². The van der Waals surface area contributed by atoms with Gasteiger partial charge >= 0.3 is 5.97 Å². The quantitative estimate of drug-likeness (QED) is 0.125. The Morgan fingerprint density at radius 1 is 0.793 bits per heavy atom. The molecular weight excluding hydrogens is 376 g/mol. The summed E-state index contributed by atoms with van der Waals surface area (Å²) in [6.07, 6.45) is 18.4. The normalized spacial score (nSPS) is 13.5. The molecule has 0 aliphatic heterocycles. The van der Waals surface area contributed by atoms with Crippen molar-refractivity contribution in [1.82, 2.24) is 0 Å². The van der Waals surface area contributed by atoms with E-state index in [0.717, 1.165) is 12.8 Å². The molecule has 0 bridgehead atoms. The Labute approximate surface area is 183 Å². The summed E-state index contributed by atoms with van der Waals surface area (Å²) in [6, 6.07) is 0. The van der Waals surface area contributed by atoms with Crippen LogP contribution in [0, 0.1) is 0 Å². The molecule has 174 valence electrons. The van der Waals surface area contributed by atoms with Crippen molar-refractivity contribution in [2.75, 3.05) is 6.61 Å². The number of rotatable bonds is 18. The van der Waals surface area contributed by atoms with E-state index in [9.17, 15) is 4.79 Å². The largest absolute Gasteiger partial charge is 0.460 e. The smallest absolute Gasteiger partial charge is 0.302 e. The molecule has 3 nitrogen and oxygen atoms in total. The van der Waals surface area contributed by atoms with Gasteiger partial charge in [-0.15, -0.1) is 0 Å². The molecular formula is C25H52O3Si. The first-order valence-electron chi connectivity index (χ1n) is 12.4. The van der Waals surface area contributed by atoms with E-state index in [-0.39, 0.29) is 17.1 Å². The predicted molar refractivity (Wildman–Crippen MR) is 129 cm³/mol. The summed E-state index contributed by atoms with van der Waals surface area (Å²) >= 11 is 0. The lowest BCUT2D eigenvalue weighted by Crippen LogP contribution is -2.43. The summed E-state index contributed by atoms with van der Waals surface area (Å²) in [4.78, 5) is 11.4. The zero-order valence-electron chi connectivity index (χ0n) is 20.9. The highest BCUT2D eigenvalue weighted by atomic mass is 28.4. The van der Waals surface area contributed by atoms with Gasteiger partial charge in [0.05, 0.1) is 6.61 Å². The van der Waals surface area contributed by atoms with Gasteiger partial charge < -0.3 is 9.16 Å². The van der Waals surface area contributed by atoms with Crippen molar-refractivity contribution in [2.45, 2.75) is 149 Å². The third kappa shape index (κ3) is 16.1. The molecule has 0 saturated heterocycles. The van der Waals surface area contributed by atoms with E-state index in [1.807, 2.05) is 0 Å². The maximum Gasteiger partial charge on any atom is 0.302 e. The van der Waals surface area contributed by atoms with E-state index in [1.54, 1.807) is 0 Å². The minimum Gasteiger partial charge on any atom is -0.460 e. The van der Waals surface area contributed by atoms with Crippen molar-refractivity contribution >= 4 is 14.3 Å². The van der Waals surface area contributed by atoms with Gasteiger partial charge in [-0.05, 0) is 31.0 Å². The molecule has 4 heteroatoms. The molecule has 0 spiro atoms. The molecule has 0 rings (SSSR count). The topological polar surface area (TPSA) is 35.5 Å². The Morgan fingerprint density at radius 3 is 1.59 bits per heavy atom. The summed E-state index contributed by atoms with van der Waals surface area (Å²) in [5, 5.41) is 0.184. The molecule has 29 heavy (non-hydrogen) atoms. The number of hydrogen-bond donors (Lipinski definition) is 0. The first-order chi connectivity index (χ1) is 13.6. The molecule has 0 aromatic carbocycles. The van der Waals surface area contributed by atoms with E-state index in [0.29, 0.717) is 6.61 Å². The lowest BCUT2D eigenvalue weighted by molar-refractivity contribution is -0.148. The molecule has 0 aromatic heterocycles. The SMILES string of the molecule is CCCCCCCCCCCCCCC[C@@H](CO[Si](C)(C)C(C)(C)C)OC(C)=O. The van der Waals surface area contributed by atoms with Crippen LogP contribution in [0.2, 0.25) is 18.1 Å². The minimum absolute atomic E-state index is 0.0886. The number of carbonyl (C=O) groups excluding carboxylic acids is 1. The molecule has 0 heterocycles. The van der Waals surface area contributed by atoms with Gasteiger partial charge in [0.15, 0.2) is 8.32 Å². The highest BCUT2D eigenvalue weighted by Gasteiger charge is 2.37. The Kier molecular flexibility index (Phi) is 16.2. The van der Waals surface area contributed by atoms with Gasteiger partial charge in [-0.1, -0.05) is 105 Å². The second-order valence-corrected chi connectivity index (χ2v) is 15.1. The standard InChI is InChI=1S/C25H52O3Si/c1-8-9-10-11-12-13-14-15-16-17-18-19-20-21-24(28-23(2)26)22-27-29(6,7)25(3,4)5/h24H,8-22H2,1-7H3/t24-/m0/s1. The highest BCUT2D eigenvalue weighted by Crippen LogP contribution is 2.36. The molecule has 0 aliphatic carbocycles. The molecule has 0 radical (unpaired) electrons. The lowest BCUT2D eigenvalue weighted by atomic mass is 10.0. The van der Waals surface area contributed by atoms with Gasteiger partial charge in [-0.25, -0.2) is 0 Å². The number of hydrogen-bond acceptors (Lipinski definition) is 3. The number of carbonyl (C=O) groups is 1. The molecule has 0 aromatic rings. The van der Waals surface area contributed by atoms with Crippen molar-refractivity contribution < 1.29 is 14.0 Å². The van der Waals surface area contributed by atoms with E-state index < -0.39 is 8.32 Å². The zero-order chi connectivity index (χ0) is 22.2. The number of ether oxygens (including phenoxy) is 1. The van der Waals surface area contributed by atoms with Crippen LogP contribution in [0.1, 0.15) is 125 Å². The second kappa shape index (κ2) is 16.4. The number of unbranched alkanes of at least 4 members (excludes halogenated alkanes) is 12. The van der Waals surface area contributed by atoms with Gasteiger partial charge in [0, 0.05) is 6.92 Å². The average molecular weight is 429 g/mol. The summed E-state index contributed by atoms with van der Waals surface area (Å²) in [6.45, 7) is 15.6. The van der Waals surface area contributed by atoms with Gasteiger partial charge in [0.2, 0.25) is 0 Å². The summed E-state index contributed by atoms with van der Waals surface area (Å²) in [7, 11) is -1.80. The van der Waals surface area contributed by atoms with Crippen LogP contribution >= 0.6 is 0 Å². The number of esters is 1. The molecule has 0 fully saturated rings. The molecule has 0 saturated carbocycles. The van der Waals surface area contributed by atoms with Gasteiger partial charge in [-0.2, -0.15) is 0 Å². The van der Waals surface area contributed by atoms with Crippen LogP contribution in [0.4, 0.5) is 0 Å². The van der Waals surface area contributed by atoms with Crippen molar-refractivity contribution in [2.24, 2.45) is 0 Å². The van der Waals surface area contributed by atoms with E-state index in [4.69, 9.17) is 9.16 Å². The van der Waals surface area contributed by atoms with Crippen molar-refractivity contribution in [1.29, 1.82) is 0 Å². The van der Waals surface area contributed by atoms with Crippen molar-refractivity contribution in [3.05, 3.63) is 0 Å². The Morgan fingerprint density at radius 2 is 1.21 bits per heavy atom. The van der Waals surface area contributed by atoms with E-state index in [1.165, 1.54) is 84.0 Å². The minimum atomic E-state index is -1.80. The van der Waals surface area contributed by atoms with Crippen molar-refractivity contribution in [3.63, 3.8) is 0 Å². The average Bonchev–Trinajstić information content (AvgIpc) is 2.62. The van der Waals surface area contributed by atoms with Crippen LogP contribution < -0.4 is 0 Å². The van der Waals surface area contributed by atoms with Crippen LogP contribution in [0.3, 0.4) is 0 Å². The molecule has 1 atom stereocenters. The molecule has 0 amide bonds. The predicted octanol–water partition coefficient (Wildman–Crippen LogP) is 8.42. The van der Waals surface area contributed by atoms with E-state index >= 15 is 0 Å². The highest BCUT2D eigenvalue weighted by molar-refractivity contribution is 6.74. The monoisotopic (exact) mass is 428 g/mol. The summed E-state index contributed by atoms with van der Waals surface area (Å²) in [5.74, 6) is -0.191. The van der Waals surface area contributed by atoms with Gasteiger partial charge in [0.25, 0.3) is 0 Å². The van der Waals surface area contributed by atoms with Gasteiger partial charge in [-0.3, -0.25) is 4.79 Å². The molecule has 0 unspecified atom stereocenters. The van der Waals surface area contributed by atoms with Gasteiger partial charge in [0.1, 0.15) is 6.10 Å². The third-order valence-electron chi connectivity index (χ3n) is 6.40. The first-order valence-corrected chi connectivity index (χ1v) is 15.3.